The summed E-state index contributed by atoms with van der Waals surface area (Å²) in [4.78, 5) is 11.3. The van der Waals surface area contributed by atoms with Gasteiger partial charge in [-0.3, -0.25) is 4.79 Å². The van der Waals surface area contributed by atoms with Gasteiger partial charge in [0.2, 0.25) is 0 Å². The quantitative estimate of drug-likeness (QED) is 0.640. The Kier molecular flexibility index (Phi) is 7.54. The first kappa shape index (κ1) is 18.3. The van der Waals surface area contributed by atoms with Gasteiger partial charge in [-0.2, -0.15) is 17.4 Å². The molecule has 0 amide bonds. The lowest BCUT2D eigenvalue weighted by atomic mass is 9.98. The summed E-state index contributed by atoms with van der Waals surface area (Å²) in [5.41, 5.74) is -1.45. The van der Waals surface area contributed by atoms with Crippen molar-refractivity contribution in [2.24, 2.45) is 0 Å². The minimum Gasteiger partial charge on any atom is -0.480 e. The van der Waals surface area contributed by atoms with E-state index in [0.29, 0.717) is 32.4 Å². The highest BCUT2D eigenvalue weighted by atomic mass is 32.2. The molecule has 0 aromatic heterocycles. The van der Waals surface area contributed by atoms with Crippen molar-refractivity contribution in [1.29, 1.82) is 0 Å². The van der Waals surface area contributed by atoms with E-state index in [1.54, 1.807) is 0 Å². The van der Waals surface area contributed by atoms with E-state index in [1.807, 2.05) is 20.8 Å². The molecule has 0 aromatic carbocycles. The maximum Gasteiger partial charge on any atom is 0.324 e. The summed E-state index contributed by atoms with van der Waals surface area (Å²) in [6.07, 6.45) is 2.23. The van der Waals surface area contributed by atoms with Crippen LogP contribution >= 0.6 is 0 Å². The summed E-state index contributed by atoms with van der Waals surface area (Å²) in [6.45, 7) is 7.80. The number of rotatable bonds is 10. The summed E-state index contributed by atoms with van der Waals surface area (Å²) >= 11 is 0. The predicted molar refractivity (Wildman–Crippen MR) is 75.2 cm³/mol. The lowest BCUT2D eigenvalue weighted by Gasteiger charge is -2.29. The Balaban J connectivity index is 5.12. The zero-order chi connectivity index (χ0) is 15.1. The number of hydrogen-bond acceptors (Lipinski definition) is 3. The van der Waals surface area contributed by atoms with Gasteiger partial charge in [0.1, 0.15) is 5.54 Å². The van der Waals surface area contributed by atoms with Crippen LogP contribution < -0.4 is 4.72 Å². The SMILES string of the molecule is CCCN(CCC)S(=O)(=O)NC(C)(CCC)C(=O)O. The summed E-state index contributed by atoms with van der Waals surface area (Å²) in [5, 5.41) is 9.22. The van der Waals surface area contributed by atoms with E-state index in [1.165, 1.54) is 11.2 Å². The van der Waals surface area contributed by atoms with Crippen LogP contribution in [0.15, 0.2) is 0 Å². The fraction of sp³-hybridized carbons (Fsp3) is 0.917. The van der Waals surface area contributed by atoms with E-state index < -0.39 is 21.7 Å². The molecule has 0 aromatic rings. The van der Waals surface area contributed by atoms with Gasteiger partial charge in [0, 0.05) is 13.1 Å². The molecule has 0 fully saturated rings. The highest BCUT2D eigenvalue weighted by Gasteiger charge is 2.38. The highest BCUT2D eigenvalue weighted by molar-refractivity contribution is 7.87. The van der Waals surface area contributed by atoms with Crippen LogP contribution in [0.1, 0.15) is 53.4 Å². The monoisotopic (exact) mass is 294 g/mol. The molecule has 0 saturated carbocycles. The van der Waals surface area contributed by atoms with Gasteiger partial charge in [-0.1, -0.05) is 27.2 Å². The zero-order valence-electron chi connectivity index (χ0n) is 12.3. The van der Waals surface area contributed by atoms with Crippen LogP contribution in [0.5, 0.6) is 0 Å². The normalized spacial score (nSPS) is 15.4. The van der Waals surface area contributed by atoms with E-state index >= 15 is 0 Å². The molecule has 0 aliphatic rings. The molecule has 0 radical (unpaired) electrons. The van der Waals surface area contributed by atoms with Crippen molar-refractivity contribution in [1.82, 2.24) is 9.03 Å². The van der Waals surface area contributed by atoms with Gasteiger partial charge in [-0.15, -0.1) is 0 Å². The molecule has 7 heteroatoms. The van der Waals surface area contributed by atoms with Crippen LogP contribution in [0.4, 0.5) is 0 Å². The maximum absolute atomic E-state index is 12.3. The molecule has 19 heavy (non-hydrogen) atoms. The largest absolute Gasteiger partial charge is 0.480 e. The molecule has 6 nitrogen and oxygen atoms in total. The van der Waals surface area contributed by atoms with Crippen molar-refractivity contribution in [2.45, 2.75) is 58.9 Å². The highest BCUT2D eigenvalue weighted by Crippen LogP contribution is 2.16. The Bertz CT molecular complexity index is 377. The Morgan fingerprint density at radius 1 is 1.16 bits per heavy atom. The average molecular weight is 294 g/mol. The van der Waals surface area contributed by atoms with Crippen LogP contribution in [0.3, 0.4) is 0 Å². The molecule has 0 spiro atoms. The molecule has 0 bridgehead atoms. The molecule has 0 aliphatic heterocycles. The second-order valence-corrected chi connectivity index (χ2v) is 6.56. The topological polar surface area (TPSA) is 86.7 Å². The second-order valence-electron chi connectivity index (χ2n) is 4.89. The Morgan fingerprint density at radius 3 is 1.95 bits per heavy atom. The third-order valence-electron chi connectivity index (χ3n) is 2.86. The summed E-state index contributed by atoms with van der Waals surface area (Å²) < 4.78 is 28.2. The molecule has 0 saturated heterocycles. The van der Waals surface area contributed by atoms with E-state index in [-0.39, 0.29) is 6.42 Å². The van der Waals surface area contributed by atoms with E-state index in [0.717, 1.165) is 0 Å². The third kappa shape index (κ3) is 5.46. The Labute approximate surface area is 116 Å². The van der Waals surface area contributed by atoms with Crippen molar-refractivity contribution in [2.75, 3.05) is 13.1 Å². The number of carboxylic acids is 1. The first-order valence-electron chi connectivity index (χ1n) is 6.76. The van der Waals surface area contributed by atoms with Crippen LogP contribution in [0.25, 0.3) is 0 Å². The van der Waals surface area contributed by atoms with Crippen LogP contribution in [0, 0.1) is 0 Å². The minimum absolute atomic E-state index is 0.258. The fourth-order valence-corrected chi connectivity index (χ4v) is 3.64. The standard InChI is InChI=1S/C12H26N2O4S/c1-5-8-12(4,11(15)16)13-19(17,18)14(9-6-2)10-7-3/h13H,5-10H2,1-4H3,(H,15,16). The summed E-state index contributed by atoms with van der Waals surface area (Å²) in [5.74, 6) is -1.15. The van der Waals surface area contributed by atoms with Gasteiger partial charge in [-0.25, -0.2) is 0 Å². The molecule has 0 heterocycles. The average Bonchev–Trinajstić information content (AvgIpc) is 2.28. The maximum atomic E-state index is 12.3. The van der Waals surface area contributed by atoms with Crippen LogP contribution in [-0.4, -0.2) is 42.4 Å². The number of carboxylic acid groups (broad SMARTS) is 1. The zero-order valence-corrected chi connectivity index (χ0v) is 13.1. The van der Waals surface area contributed by atoms with Gasteiger partial charge in [0.25, 0.3) is 10.2 Å². The molecule has 1 atom stereocenters. The number of aliphatic carboxylic acids is 1. The Hall–Kier alpha value is -0.660. The van der Waals surface area contributed by atoms with E-state index in [4.69, 9.17) is 0 Å². The second kappa shape index (κ2) is 7.81. The molecular weight excluding hydrogens is 268 g/mol. The van der Waals surface area contributed by atoms with Crippen molar-refractivity contribution < 1.29 is 18.3 Å². The summed E-state index contributed by atoms with van der Waals surface area (Å²) in [6, 6.07) is 0. The molecular formula is C12H26N2O4S. The van der Waals surface area contributed by atoms with Gasteiger partial charge in [0.05, 0.1) is 0 Å². The molecule has 2 N–H and O–H groups in total. The van der Waals surface area contributed by atoms with E-state index in [2.05, 4.69) is 4.72 Å². The number of nitrogens with zero attached hydrogens (tertiary/aromatic N) is 1. The molecule has 0 aliphatic carbocycles. The number of carbonyl (C=O) groups is 1. The van der Waals surface area contributed by atoms with Gasteiger partial charge in [0.15, 0.2) is 0 Å². The van der Waals surface area contributed by atoms with Crippen LogP contribution in [-0.2, 0) is 15.0 Å². The summed E-state index contributed by atoms with van der Waals surface area (Å²) in [7, 11) is -3.77. The van der Waals surface area contributed by atoms with E-state index in [9.17, 15) is 18.3 Å². The van der Waals surface area contributed by atoms with Crippen molar-refractivity contribution in [3.8, 4) is 0 Å². The predicted octanol–water partition coefficient (Wildman–Crippen LogP) is 1.59. The number of nitrogens with one attached hydrogen (secondary N) is 1. The van der Waals surface area contributed by atoms with Crippen molar-refractivity contribution in [3.63, 3.8) is 0 Å². The minimum atomic E-state index is -3.77. The molecule has 1 unspecified atom stereocenters. The van der Waals surface area contributed by atoms with Gasteiger partial charge >= 0.3 is 5.97 Å². The smallest absolute Gasteiger partial charge is 0.324 e. The fourth-order valence-electron chi connectivity index (χ4n) is 1.90. The number of hydrogen-bond donors (Lipinski definition) is 2. The van der Waals surface area contributed by atoms with Gasteiger partial charge < -0.3 is 5.11 Å². The first-order chi connectivity index (χ1) is 8.73. The van der Waals surface area contributed by atoms with Crippen molar-refractivity contribution >= 4 is 16.2 Å². The van der Waals surface area contributed by atoms with Crippen LogP contribution in [0.2, 0.25) is 0 Å². The lowest BCUT2D eigenvalue weighted by Crippen LogP contribution is -2.56. The molecule has 0 rings (SSSR count). The molecule has 114 valence electrons. The van der Waals surface area contributed by atoms with Gasteiger partial charge in [-0.05, 0) is 26.2 Å². The first-order valence-corrected chi connectivity index (χ1v) is 8.20. The van der Waals surface area contributed by atoms with Crippen molar-refractivity contribution in [3.05, 3.63) is 0 Å². The third-order valence-corrected chi connectivity index (χ3v) is 4.62. The lowest BCUT2D eigenvalue weighted by molar-refractivity contribution is -0.143. The Morgan fingerprint density at radius 2 is 1.63 bits per heavy atom.